The Labute approximate surface area is 217 Å². The highest BCUT2D eigenvalue weighted by atomic mass is 35.5. The zero-order valence-corrected chi connectivity index (χ0v) is 21.7. The van der Waals surface area contributed by atoms with Crippen LogP contribution in [0.5, 0.6) is 0 Å². The number of hydrogen-bond acceptors (Lipinski definition) is 9. The predicted octanol–water partition coefficient (Wildman–Crippen LogP) is 3.18. The van der Waals surface area contributed by atoms with Gasteiger partial charge in [0.1, 0.15) is 0 Å². The third kappa shape index (κ3) is 6.38. The van der Waals surface area contributed by atoms with Crippen molar-refractivity contribution in [3.8, 4) is 0 Å². The molecule has 188 valence electrons. The molecule has 2 heterocycles. The summed E-state index contributed by atoms with van der Waals surface area (Å²) >= 11 is 14.1. The molecule has 35 heavy (non-hydrogen) atoms. The number of aliphatic imine (C=N–C) groups is 1. The molecular formula is C23H25Cl2N3O6S. The van der Waals surface area contributed by atoms with E-state index in [0.717, 1.165) is 0 Å². The molecule has 1 aromatic rings. The smallest absolute Gasteiger partial charge is 0.336 e. The van der Waals surface area contributed by atoms with Crippen molar-refractivity contribution in [1.29, 1.82) is 0 Å². The fourth-order valence-electron chi connectivity index (χ4n) is 3.69. The Hall–Kier alpha value is -2.53. The number of allylic oxidation sites excluding steroid dienone is 1. The highest BCUT2D eigenvalue weighted by molar-refractivity contribution is 8.15. The van der Waals surface area contributed by atoms with Crippen LogP contribution in [0, 0.1) is 0 Å². The third-order valence-electron chi connectivity index (χ3n) is 5.16. The number of nitrogens with one attached hydrogen (secondary N) is 2. The van der Waals surface area contributed by atoms with E-state index in [1.807, 2.05) is 0 Å². The second-order valence-corrected chi connectivity index (χ2v) is 9.17. The molecule has 2 N–H and O–H groups in total. The molecule has 3 rings (SSSR count). The van der Waals surface area contributed by atoms with E-state index >= 15 is 0 Å². The zero-order chi connectivity index (χ0) is 25.5. The lowest BCUT2D eigenvalue weighted by Gasteiger charge is -2.31. The lowest BCUT2D eigenvalue weighted by Crippen LogP contribution is -2.35. The molecule has 0 spiro atoms. The number of amides is 1. The summed E-state index contributed by atoms with van der Waals surface area (Å²) in [4.78, 5) is 41.5. The molecule has 1 atom stereocenters. The van der Waals surface area contributed by atoms with Crippen LogP contribution in [0.3, 0.4) is 0 Å². The quantitative estimate of drug-likeness (QED) is 0.361. The van der Waals surface area contributed by atoms with Gasteiger partial charge in [0.2, 0.25) is 5.91 Å². The number of hydrogen-bond donors (Lipinski definition) is 2. The summed E-state index contributed by atoms with van der Waals surface area (Å²) in [5, 5.41) is 6.80. The largest absolute Gasteiger partial charge is 0.466 e. The van der Waals surface area contributed by atoms with Crippen LogP contribution in [-0.2, 0) is 28.6 Å². The van der Waals surface area contributed by atoms with Crippen LogP contribution >= 0.6 is 35.0 Å². The van der Waals surface area contributed by atoms with Gasteiger partial charge in [0.25, 0.3) is 0 Å². The van der Waals surface area contributed by atoms with E-state index in [1.165, 1.54) is 18.9 Å². The minimum absolute atomic E-state index is 0.0129. The molecule has 1 saturated heterocycles. The minimum Gasteiger partial charge on any atom is -0.466 e. The monoisotopic (exact) mass is 541 g/mol. The van der Waals surface area contributed by atoms with Gasteiger partial charge in [-0.05, 0) is 25.5 Å². The maximum atomic E-state index is 13.2. The van der Waals surface area contributed by atoms with Gasteiger partial charge >= 0.3 is 11.9 Å². The molecule has 0 aromatic heterocycles. The van der Waals surface area contributed by atoms with Crippen LogP contribution in [0.4, 0.5) is 0 Å². The van der Waals surface area contributed by atoms with Gasteiger partial charge in [-0.2, -0.15) is 0 Å². The topological polar surface area (TPSA) is 115 Å². The molecular weight excluding hydrogens is 517 g/mol. The molecule has 0 aliphatic carbocycles. The van der Waals surface area contributed by atoms with Crippen molar-refractivity contribution in [2.24, 2.45) is 4.99 Å². The van der Waals surface area contributed by atoms with Crippen molar-refractivity contribution >= 4 is 58.0 Å². The summed E-state index contributed by atoms with van der Waals surface area (Å²) in [7, 11) is 1.26. The Balaban J connectivity index is 1.95. The second-order valence-electron chi connectivity index (χ2n) is 7.42. The molecule has 2 aliphatic rings. The zero-order valence-electron chi connectivity index (χ0n) is 19.4. The van der Waals surface area contributed by atoms with Gasteiger partial charge in [-0.15, -0.1) is 0 Å². The Morgan fingerprint density at radius 3 is 2.63 bits per heavy atom. The van der Waals surface area contributed by atoms with Crippen LogP contribution in [-0.4, -0.2) is 62.2 Å². The molecule has 1 fully saturated rings. The van der Waals surface area contributed by atoms with Gasteiger partial charge in [-0.3, -0.25) is 9.79 Å². The summed E-state index contributed by atoms with van der Waals surface area (Å²) in [6, 6.07) is 5.00. The van der Waals surface area contributed by atoms with Crippen LogP contribution in [0.25, 0.3) is 0 Å². The fraction of sp³-hybridized carbons (Fsp3) is 0.391. The third-order valence-corrected chi connectivity index (χ3v) is 6.91. The minimum atomic E-state index is -0.891. The molecule has 9 nitrogen and oxygen atoms in total. The average molecular weight is 542 g/mol. The molecule has 1 aromatic carbocycles. The number of carbonyl (C=O) groups excluding carboxylic acids is 3. The number of ether oxygens (including phenoxy) is 3. The molecule has 0 bridgehead atoms. The number of amidine groups is 1. The number of rotatable bonds is 9. The maximum absolute atomic E-state index is 13.2. The Kier molecular flexibility index (Phi) is 9.62. The van der Waals surface area contributed by atoms with Crippen molar-refractivity contribution in [2.45, 2.75) is 19.8 Å². The number of methoxy groups -OCH3 is 1. The summed E-state index contributed by atoms with van der Waals surface area (Å²) in [5.74, 6) is -1.87. The van der Waals surface area contributed by atoms with Gasteiger partial charge in [0.15, 0.2) is 5.17 Å². The van der Waals surface area contributed by atoms with E-state index in [0.29, 0.717) is 34.4 Å². The molecule has 2 aliphatic heterocycles. The summed E-state index contributed by atoms with van der Waals surface area (Å²) < 4.78 is 16.1. The number of nitrogens with zero attached hydrogens (tertiary/aromatic N) is 1. The molecule has 0 saturated carbocycles. The van der Waals surface area contributed by atoms with Crippen molar-refractivity contribution < 1.29 is 28.6 Å². The standard InChI is InChI=1S/C23H25Cl2N3O6S/c1-4-34-22(31)19-15(10-33-9-8-26-23-28-16(29)11-35-23)27-12(2)17(21(30)32-3)18(19)13-6-5-7-14(24)20(13)25/h5-7,18,27H,4,8-11H2,1-3H3,(H,26,28,29). The van der Waals surface area contributed by atoms with Gasteiger partial charge < -0.3 is 24.8 Å². The van der Waals surface area contributed by atoms with Gasteiger partial charge in [-0.1, -0.05) is 47.1 Å². The van der Waals surface area contributed by atoms with Crippen molar-refractivity contribution in [3.05, 3.63) is 56.3 Å². The first-order valence-corrected chi connectivity index (χ1v) is 12.5. The average Bonchev–Trinajstić information content (AvgIpc) is 3.24. The molecule has 1 unspecified atom stereocenters. The molecule has 12 heteroatoms. The number of dihydropyridines is 1. The first-order valence-electron chi connectivity index (χ1n) is 10.7. The van der Waals surface area contributed by atoms with Crippen molar-refractivity contribution in [2.75, 3.05) is 39.2 Å². The van der Waals surface area contributed by atoms with Crippen LogP contribution in [0.2, 0.25) is 10.0 Å². The first kappa shape index (κ1) is 27.1. The van der Waals surface area contributed by atoms with E-state index in [1.54, 1.807) is 32.0 Å². The van der Waals surface area contributed by atoms with Gasteiger partial charge in [0, 0.05) is 5.70 Å². The normalized spacial score (nSPS) is 19.1. The number of halogens is 2. The lowest BCUT2D eigenvalue weighted by atomic mass is 9.80. The highest BCUT2D eigenvalue weighted by Crippen LogP contribution is 2.43. The summed E-state index contributed by atoms with van der Waals surface area (Å²) in [6.45, 7) is 4.08. The van der Waals surface area contributed by atoms with E-state index in [-0.39, 0.29) is 46.9 Å². The summed E-state index contributed by atoms with van der Waals surface area (Å²) in [6.07, 6.45) is 0. The second kappa shape index (κ2) is 12.4. The fourth-order valence-corrected chi connectivity index (χ4v) is 4.82. The van der Waals surface area contributed by atoms with Crippen LogP contribution in [0.1, 0.15) is 25.3 Å². The van der Waals surface area contributed by atoms with Gasteiger partial charge in [0.05, 0.1) is 72.0 Å². The Bertz CT molecular complexity index is 1120. The number of carbonyl (C=O) groups is 3. The molecule has 0 radical (unpaired) electrons. The summed E-state index contributed by atoms with van der Waals surface area (Å²) in [5.41, 5.74) is 1.75. The van der Waals surface area contributed by atoms with E-state index in [9.17, 15) is 14.4 Å². The number of esters is 2. The maximum Gasteiger partial charge on any atom is 0.336 e. The van der Waals surface area contributed by atoms with Crippen molar-refractivity contribution in [3.63, 3.8) is 0 Å². The number of thioether (sulfide) groups is 1. The first-order chi connectivity index (χ1) is 16.8. The van der Waals surface area contributed by atoms with Crippen LogP contribution < -0.4 is 10.6 Å². The number of benzene rings is 1. The van der Waals surface area contributed by atoms with Crippen molar-refractivity contribution in [1.82, 2.24) is 10.6 Å². The molecule has 1 amide bonds. The Morgan fingerprint density at radius 1 is 1.20 bits per heavy atom. The van der Waals surface area contributed by atoms with E-state index in [4.69, 9.17) is 37.4 Å². The van der Waals surface area contributed by atoms with E-state index < -0.39 is 17.9 Å². The SMILES string of the molecule is CCOC(=O)C1=C(COCCN=C2NC(=O)CS2)NC(C)=C(C(=O)OC)C1c1cccc(Cl)c1Cl. The Morgan fingerprint density at radius 2 is 1.97 bits per heavy atom. The predicted molar refractivity (Wildman–Crippen MR) is 134 cm³/mol. The lowest BCUT2D eigenvalue weighted by molar-refractivity contribution is -0.139. The van der Waals surface area contributed by atoms with E-state index in [2.05, 4.69) is 15.6 Å². The van der Waals surface area contributed by atoms with Crippen LogP contribution in [0.15, 0.2) is 45.7 Å². The van der Waals surface area contributed by atoms with Gasteiger partial charge in [-0.25, -0.2) is 9.59 Å². The highest BCUT2D eigenvalue weighted by Gasteiger charge is 2.40.